The normalized spacial score (nSPS) is 15.5. The van der Waals surface area contributed by atoms with Crippen molar-refractivity contribution in [2.45, 2.75) is 34.1 Å². The van der Waals surface area contributed by atoms with Gasteiger partial charge in [0.05, 0.1) is 12.0 Å². The third-order valence-corrected chi connectivity index (χ3v) is 2.08. The van der Waals surface area contributed by atoms with Crippen LogP contribution in [0.1, 0.15) is 34.1 Å². The lowest BCUT2D eigenvalue weighted by atomic mass is 9.82. The van der Waals surface area contributed by atoms with E-state index in [2.05, 4.69) is 13.8 Å². The largest absolute Gasteiger partial charge is 0.466 e. The van der Waals surface area contributed by atoms with E-state index in [1.165, 1.54) is 0 Å². The molecular formula is C10H21NO2. The van der Waals surface area contributed by atoms with E-state index >= 15 is 0 Å². The number of carbonyl (C=O) groups excluding carboxylic acids is 1. The Bertz CT molecular complexity index is 168. The van der Waals surface area contributed by atoms with E-state index in [0.29, 0.717) is 19.1 Å². The molecule has 0 saturated heterocycles. The molecule has 0 amide bonds. The fourth-order valence-electron chi connectivity index (χ4n) is 1.46. The van der Waals surface area contributed by atoms with Crippen molar-refractivity contribution in [3.8, 4) is 0 Å². The van der Waals surface area contributed by atoms with Crippen molar-refractivity contribution in [2.75, 3.05) is 13.2 Å². The Morgan fingerprint density at radius 2 is 2.08 bits per heavy atom. The SMILES string of the molecule is CCOC(=O)C(C)(CN)CC(C)C. The molecule has 3 heteroatoms. The van der Waals surface area contributed by atoms with Crippen molar-refractivity contribution in [2.24, 2.45) is 17.1 Å². The number of rotatable bonds is 5. The summed E-state index contributed by atoms with van der Waals surface area (Å²) in [6.45, 7) is 8.60. The van der Waals surface area contributed by atoms with Crippen molar-refractivity contribution >= 4 is 5.97 Å². The van der Waals surface area contributed by atoms with Gasteiger partial charge in [0, 0.05) is 6.54 Å². The van der Waals surface area contributed by atoms with E-state index in [0.717, 1.165) is 6.42 Å². The van der Waals surface area contributed by atoms with Gasteiger partial charge in [-0.2, -0.15) is 0 Å². The van der Waals surface area contributed by atoms with Gasteiger partial charge in [0.1, 0.15) is 0 Å². The van der Waals surface area contributed by atoms with Crippen LogP contribution in [0.5, 0.6) is 0 Å². The molecule has 0 rings (SSSR count). The van der Waals surface area contributed by atoms with E-state index in [1.54, 1.807) is 0 Å². The smallest absolute Gasteiger partial charge is 0.313 e. The summed E-state index contributed by atoms with van der Waals surface area (Å²) in [5, 5.41) is 0. The van der Waals surface area contributed by atoms with Gasteiger partial charge in [-0.1, -0.05) is 13.8 Å². The summed E-state index contributed by atoms with van der Waals surface area (Å²) in [6.07, 6.45) is 0.780. The Morgan fingerprint density at radius 3 is 2.38 bits per heavy atom. The quantitative estimate of drug-likeness (QED) is 0.664. The second kappa shape index (κ2) is 5.22. The molecule has 0 heterocycles. The summed E-state index contributed by atoms with van der Waals surface area (Å²) >= 11 is 0. The summed E-state index contributed by atoms with van der Waals surface area (Å²) in [6, 6.07) is 0. The first-order valence-corrected chi connectivity index (χ1v) is 4.83. The third-order valence-electron chi connectivity index (χ3n) is 2.08. The van der Waals surface area contributed by atoms with Gasteiger partial charge in [-0.3, -0.25) is 4.79 Å². The van der Waals surface area contributed by atoms with Crippen LogP contribution in [0, 0.1) is 11.3 Å². The van der Waals surface area contributed by atoms with E-state index in [9.17, 15) is 4.79 Å². The second-order valence-corrected chi connectivity index (χ2v) is 4.08. The molecular weight excluding hydrogens is 166 g/mol. The molecule has 0 radical (unpaired) electrons. The summed E-state index contributed by atoms with van der Waals surface area (Å²) in [5.74, 6) is 0.282. The van der Waals surface area contributed by atoms with Gasteiger partial charge >= 0.3 is 5.97 Å². The van der Waals surface area contributed by atoms with Crippen molar-refractivity contribution in [1.29, 1.82) is 0 Å². The number of hydrogen-bond donors (Lipinski definition) is 1. The molecule has 1 unspecified atom stereocenters. The third kappa shape index (κ3) is 3.77. The number of nitrogens with two attached hydrogens (primary N) is 1. The zero-order chi connectivity index (χ0) is 10.5. The average Bonchev–Trinajstić information content (AvgIpc) is 2.03. The highest BCUT2D eigenvalue weighted by molar-refractivity contribution is 5.76. The maximum absolute atomic E-state index is 11.5. The minimum atomic E-state index is -0.510. The lowest BCUT2D eigenvalue weighted by molar-refractivity contribution is -0.154. The van der Waals surface area contributed by atoms with E-state index in [1.807, 2.05) is 13.8 Å². The molecule has 0 fully saturated rings. The monoisotopic (exact) mass is 187 g/mol. The molecule has 0 aliphatic rings. The lowest BCUT2D eigenvalue weighted by Gasteiger charge is -2.27. The average molecular weight is 187 g/mol. The van der Waals surface area contributed by atoms with Crippen LogP contribution in [0.15, 0.2) is 0 Å². The van der Waals surface area contributed by atoms with Crippen LogP contribution in [0.25, 0.3) is 0 Å². The van der Waals surface area contributed by atoms with Gasteiger partial charge < -0.3 is 10.5 Å². The number of carbonyl (C=O) groups is 1. The second-order valence-electron chi connectivity index (χ2n) is 4.08. The summed E-state index contributed by atoms with van der Waals surface area (Å²) in [7, 11) is 0. The maximum atomic E-state index is 11.5. The molecule has 0 aromatic heterocycles. The lowest BCUT2D eigenvalue weighted by Crippen LogP contribution is -2.38. The Labute approximate surface area is 80.6 Å². The predicted octanol–water partition coefficient (Wildman–Crippen LogP) is 1.56. The van der Waals surface area contributed by atoms with Crippen LogP contribution in [-0.2, 0) is 9.53 Å². The zero-order valence-corrected chi connectivity index (χ0v) is 9.09. The first-order valence-electron chi connectivity index (χ1n) is 4.83. The van der Waals surface area contributed by atoms with Crippen molar-refractivity contribution in [1.82, 2.24) is 0 Å². The van der Waals surface area contributed by atoms with Gasteiger partial charge in [-0.05, 0) is 26.2 Å². The van der Waals surface area contributed by atoms with Crippen LogP contribution in [0.2, 0.25) is 0 Å². The molecule has 78 valence electrons. The first kappa shape index (κ1) is 12.4. The van der Waals surface area contributed by atoms with Crippen LogP contribution < -0.4 is 5.73 Å². The van der Waals surface area contributed by atoms with Crippen molar-refractivity contribution in [3.63, 3.8) is 0 Å². The summed E-state index contributed by atoms with van der Waals surface area (Å²) < 4.78 is 4.98. The van der Waals surface area contributed by atoms with Crippen molar-refractivity contribution in [3.05, 3.63) is 0 Å². The molecule has 0 bridgehead atoms. The van der Waals surface area contributed by atoms with Gasteiger partial charge in [-0.25, -0.2) is 0 Å². The van der Waals surface area contributed by atoms with Crippen molar-refractivity contribution < 1.29 is 9.53 Å². The minimum absolute atomic E-state index is 0.175. The van der Waals surface area contributed by atoms with Crippen LogP contribution in [0.4, 0.5) is 0 Å². The molecule has 1 atom stereocenters. The van der Waals surface area contributed by atoms with Crippen LogP contribution >= 0.6 is 0 Å². The van der Waals surface area contributed by atoms with E-state index in [-0.39, 0.29) is 5.97 Å². The molecule has 0 aromatic carbocycles. The molecule has 0 aromatic rings. The number of esters is 1. The van der Waals surface area contributed by atoms with E-state index < -0.39 is 5.41 Å². The Hall–Kier alpha value is -0.570. The molecule has 3 nitrogen and oxygen atoms in total. The first-order chi connectivity index (χ1) is 5.96. The Balaban J connectivity index is 4.33. The van der Waals surface area contributed by atoms with Crippen LogP contribution in [-0.4, -0.2) is 19.1 Å². The molecule has 0 saturated carbocycles. The fraction of sp³-hybridized carbons (Fsp3) is 0.900. The molecule has 0 aliphatic heterocycles. The van der Waals surface area contributed by atoms with E-state index in [4.69, 9.17) is 10.5 Å². The fourth-order valence-corrected chi connectivity index (χ4v) is 1.46. The summed E-state index contributed by atoms with van der Waals surface area (Å²) in [5.41, 5.74) is 5.08. The number of hydrogen-bond acceptors (Lipinski definition) is 3. The topological polar surface area (TPSA) is 52.3 Å². The standard InChI is InChI=1S/C10H21NO2/c1-5-13-9(12)10(4,7-11)6-8(2)3/h8H,5-7,11H2,1-4H3. The Morgan fingerprint density at radius 1 is 1.54 bits per heavy atom. The van der Waals surface area contributed by atoms with Gasteiger partial charge in [-0.15, -0.1) is 0 Å². The number of ether oxygens (including phenoxy) is 1. The molecule has 0 spiro atoms. The highest BCUT2D eigenvalue weighted by atomic mass is 16.5. The van der Waals surface area contributed by atoms with Gasteiger partial charge in [0.25, 0.3) is 0 Å². The van der Waals surface area contributed by atoms with Crippen LogP contribution in [0.3, 0.4) is 0 Å². The molecule has 0 aliphatic carbocycles. The zero-order valence-electron chi connectivity index (χ0n) is 9.09. The minimum Gasteiger partial charge on any atom is -0.466 e. The maximum Gasteiger partial charge on any atom is 0.313 e. The highest BCUT2D eigenvalue weighted by Crippen LogP contribution is 2.26. The Kier molecular flexibility index (Phi) is 4.99. The summed E-state index contributed by atoms with van der Waals surface area (Å²) in [4.78, 5) is 11.5. The molecule has 2 N–H and O–H groups in total. The molecule has 13 heavy (non-hydrogen) atoms. The predicted molar refractivity (Wildman–Crippen MR) is 53.2 cm³/mol. The van der Waals surface area contributed by atoms with Gasteiger partial charge in [0.2, 0.25) is 0 Å². The highest BCUT2D eigenvalue weighted by Gasteiger charge is 2.33. The van der Waals surface area contributed by atoms with Gasteiger partial charge in [0.15, 0.2) is 0 Å².